The molecule has 1 heterocycles. The fourth-order valence-electron chi connectivity index (χ4n) is 3.00. The van der Waals surface area contributed by atoms with Crippen LogP contribution in [0.25, 0.3) is 0 Å². The van der Waals surface area contributed by atoms with Crippen LogP contribution in [0.15, 0.2) is 48.5 Å². The molecule has 1 aliphatic heterocycles. The minimum atomic E-state index is -0.324. The Balaban J connectivity index is 1.52. The number of nitrogens with one attached hydrogen (secondary N) is 1. The van der Waals surface area contributed by atoms with Crippen molar-refractivity contribution in [3.05, 3.63) is 59.1 Å². The van der Waals surface area contributed by atoms with Crippen molar-refractivity contribution in [2.75, 3.05) is 25.5 Å². The topological polar surface area (TPSA) is 58.6 Å². The van der Waals surface area contributed by atoms with Gasteiger partial charge in [0.05, 0.1) is 13.0 Å². The number of carbonyl (C=O) groups excluding carboxylic acids is 2. The van der Waals surface area contributed by atoms with E-state index < -0.39 is 0 Å². The molecule has 1 fully saturated rings. The maximum absolute atomic E-state index is 12.4. The first kappa shape index (κ1) is 18.3. The number of ether oxygens (including phenoxy) is 1. The summed E-state index contributed by atoms with van der Waals surface area (Å²) in [6, 6.07) is 14.7. The lowest BCUT2D eigenvalue weighted by Gasteiger charge is -2.16. The fourth-order valence-corrected chi connectivity index (χ4v) is 3.12. The zero-order valence-corrected chi connectivity index (χ0v) is 15.3. The van der Waals surface area contributed by atoms with Crippen molar-refractivity contribution in [2.24, 2.45) is 5.92 Å². The predicted molar refractivity (Wildman–Crippen MR) is 101 cm³/mol. The number of hydrogen-bond acceptors (Lipinski definition) is 3. The van der Waals surface area contributed by atoms with Crippen molar-refractivity contribution in [2.45, 2.75) is 12.8 Å². The average molecular weight is 373 g/mol. The summed E-state index contributed by atoms with van der Waals surface area (Å²) in [6.07, 6.45) is 0.998. The fraction of sp³-hybridized carbons (Fsp3) is 0.300. The largest absolute Gasteiger partial charge is 0.497 e. The number of benzene rings is 2. The minimum absolute atomic E-state index is 0.0221. The van der Waals surface area contributed by atoms with Gasteiger partial charge >= 0.3 is 0 Å². The second kappa shape index (κ2) is 8.23. The highest BCUT2D eigenvalue weighted by atomic mass is 35.5. The highest BCUT2D eigenvalue weighted by Gasteiger charge is 2.33. The van der Waals surface area contributed by atoms with Gasteiger partial charge in [0, 0.05) is 30.2 Å². The van der Waals surface area contributed by atoms with Crippen molar-refractivity contribution in [1.29, 1.82) is 0 Å². The van der Waals surface area contributed by atoms with Crippen molar-refractivity contribution in [3.8, 4) is 5.75 Å². The SMILES string of the molecule is COc1ccc(NC(=O)[C@H]2CC(=O)N(CCc3ccc(Cl)cc3)C2)cc1. The van der Waals surface area contributed by atoms with Crippen LogP contribution in [0.2, 0.25) is 5.02 Å². The standard InChI is InChI=1S/C20H21ClN2O3/c1-26-18-8-6-17(7-9-18)22-20(25)15-12-19(24)23(13-15)11-10-14-2-4-16(21)5-3-14/h2-9,15H,10-13H2,1H3,(H,22,25)/t15-/m0/s1. The van der Waals surface area contributed by atoms with E-state index in [4.69, 9.17) is 16.3 Å². The summed E-state index contributed by atoms with van der Waals surface area (Å²) in [5.74, 6) is 0.300. The van der Waals surface area contributed by atoms with Crippen LogP contribution in [-0.4, -0.2) is 36.9 Å². The normalized spacial score (nSPS) is 16.6. The Labute approximate surface area is 157 Å². The molecule has 0 unspecified atom stereocenters. The van der Waals surface area contributed by atoms with Gasteiger partial charge in [-0.2, -0.15) is 0 Å². The van der Waals surface area contributed by atoms with Crippen molar-refractivity contribution < 1.29 is 14.3 Å². The molecule has 2 aromatic carbocycles. The third-order valence-corrected chi connectivity index (χ3v) is 4.78. The molecular weight excluding hydrogens is 352 g/mol. The van der Waals surface area contributed by atoms with E-state index in [0.717, 1.165) is 17.7 Å². The predicted octanol–water partition coefficient (Wildman–Crippen LogP) is 3.38. The number of rotatable bonds is 6. The van der Waals surface area contributed by atoms with Crippen LogP contribution in [0.3, 0.4) is 0 Å². The van der Waals surface area contributed by atoms with Gasteiger partial charge in [-0.3, -0.25) is 9.59 Å². The third-order valence-electron chi connectivity index (χ3n) is 4.53. The van der Waals surface area contributed by atoms with Gasteiger partial charge in [-0.1, -0.05) is 23.7 Å². The highest BCUT2D eigenvalue weighted by Crippen LogP contribution is 2.22. The second-order valence-electron chi connectivity index (χ2n) is 6.34. The van der Waals surface area contributed by atoms with Gasteiger partial charge < -0.3 is 15.0 Å². The van der Waals surface area contributed by atoms with Gasteiger partial charge in [0.2, 0.25) is 11.8 Å². The number of halogens is 1. The van der Waals surface area contributed by atoms with E-state index in [-0.39, 0.29) is 24.2 Å². The second-order valence-corrected chi connectivity index (χ2v) is 6.77. The van der Waals surface area contributed by atoms with Crippen LogP contribution in [0.4, 0.5) is 5.69 Å². The van der Waals surface area contributed by atoms with Crippen LogP contribution in [0, 0.1) is 5.92 Å². The summed E-state index contributed by atoms with van der Waals surface area (Å²) in [5, 5.41) is 3.56. The summed E-state index contributed by atoms with van der Waals surface area (Å²) in [4.78, 5) is 26.4. The van der Waals surface area contributed by atoms with Crippen LogP contribution in [0.1, 0.15) is 12.0 Å². The van der Waals surface area contributed by atoms with E-state index in [0.29, 0.717) is 23.8 Å². The monoisotopic (exact) mass is 372 g/mol. The average Bonchev–Trinajstić information content (AvgIpc) is 3.03. The van der Waals surface area contributed by atoms with Crippen molar-refractivity contribution in [3.63, 3.8) is 0 Å². The Morgan fingerprint density at radius 1 is 1.19 bits per heavy atom. The quantitative estimate of drug-likeness (QED) is 0.845. The molecule has 6 heteroatoms. The van der Waals surface area contributed by atoms with Crippen LogP contribution >= 0.6 is 11.6 Å². The first-order valence-electron chi connectivity index (χ1n) is 8.52. The van der Waals surface area contributed by atoms with E-state index in [9.17, 15) is 9.59 Å². The van der Waals surface area contributed by atoms with Crippen LogP contribution in [0.5, 0.6) is 5.75 Å². The van der Waals surface area contributed by atoms with Crippen LogP contribution < -0.4 is 10.1 Å². The molecule has 0 saturated carbocycles. The zero-order chi connectivity index (χ0) is 18.5. The van der Waals surface area contributed by atoms with Crippen molar-refractivity contribution >= 4 is 29.1 Å². The first-order valence-corrected chi connectivity index (χ1v) is 8.90. The van der Waals surface area contributed by atoms with Gasteiger partial charge in [0.15, 0.2) is 0 Å². The van der Waals surface area contributed by atoms with Gasteiger partial charge in [0.25, 0.3) is 0 Å². The molecular formula is C20H21ClN2O3. The summed E-state index contributed by atoms with van der Waals surface area (Å²) in [6.45, 7) is 1.06. The summed E-state index contributed by atoms with van der Waals surface area (Å²) in [5.41, 5.74) is 1.82. The molecule has 0 aliphatic carbocycles. The number of amides is 2. The maximum atomic E-state index is 12.4. The van der Waals surface area contributed by atoms with Gasteiger partial charge in [-0.05, 0) is 48.4 Å². The summed E-state index contributed by atoms with van der Waals surface area (Å²) in [7, 11) is 1.59. The Morgan fingerprint density at radius 3 is 2.54 bits per heavy atom. The molecule has 0 radical (unpaired) electrons. The molecule has 26 heavy (non-hydrogen) atoms. The zero-order valence-electron chi connectivity index (χ0n) is 14.6. The van der Waals surface area contributed by atoms with E-state index in [1.165, 1.54) is 0 Å². The summed E-state index contributed by atoms with van der Waals surface area (Å²) >= 11 is 5.88. The molecule has 2 aromatic rings. The number of likely N-dealkylation sites (tertiary alicyclic amines) is 1. The summed E-state index contributed by atoms with van der Waals surface area (Å²) < 4.78 is 5.10. The number of methoxy groups -OCH3 is 1. The molecule has 0 spiro atoms. The molecule has 3 rings (SSSR count). The Hall–Kier alpha value is -2.53. The number of nitrogens with zero attached hydrogens (tertiary/aromatic N) is 1. The molecule has 1 saturated heterocycles. The smallest absolute Gasteiger partial charge is 0.229 e. The Morgan fingerprint density at radius 2 is 1.88 bits per heavy atom. The maximum Gasteiger partial charge on any atom is 0.229 e. The van der Waals surface area contributed by atoms with E-state index in [2.05, 4.69) is 5.32 Å². The molecule has 0 aromatic heterocycles. The lowest BCUT2D eigenvalue weighted by Crippen LogP contribution is -2.30. The molecule has 2 amide bonds. The van der Waals surface area contributed by atoms with E-state index in [1.54, 1.807) is 36.3 Å². The Kier molecular flexibility index (Phi) is 5.78. The van der Waals surface area contributed by atoms with Crippen LogP contribution in [-0.2, 0) is 16.0 Å². The van der Waals surface area contributed by atoms with E-state index in [1.807, 2.05) is 24.3 Å². The van der Waals surface area contributed by atoms with Gasteiger partial charge in [0.1, 0.15) is 5.75 Å². The number of hydrogen-bond donors (Lipinski definition) is 1. The first-order chi connectivity index (χ1) is 12.5. The molecule has 136 valence electrons. The van der Waals surface area contributed by atoms with E-state index >= 15 is 0 Å². The number of anilines is 1. The van der Waals surface area contributed by atoms with Gasteiger partial charge in [-0.25, -0.2) is 0 Å². The molecule has 1 atom stereocenters. The minimum Gasteiger partial charge on any atom is -0.497 e. The third kappa shape index (κ3) is 4.55. The van der Waals surface area contributed by atoms with Gasteiger partial charge in [-0.15, -0.1) is 0 Å². The number of carbonyl (C=O) groups is 2. The molecule has 1 N–H and O–H groups in total. The molecule has 5 nitrogen and oxygen atoms in total. The highest BCUT2D eigenvalue weighted by molar-refractivity contribution is 6.30. The molecule has 1 aliphatic rings. The lowest BCUT2D eigenvalue weighted by molar-refractivity contribution is -0.128. The van der Waals surface area contributed by atoms with Crippen molar-refractivity contribution in [1.82, 2.24) is 4.90 Å². The Bertz CT molecular complexity index is 775. The lowest BCUT2D eigenvalue weighted by atomic mass is 10.1. The molecule has 0 bridgehead atoms.